The number of phenols is 1. The summed E-state index contributed by atoms with van der Waals surface area (Å²) in [4.78, 5) is 15.5. The van der Waals surface area contributed by atoms with E-state index in [1.165, 1.54) is 5.56 Å². The molecule has 2 aliphatic rings. The third-order valence-electron chi connectivity index (χ3n) is 5.56. The maximum atomic E-state index is 13.4. The van der Waals surface area contributed by atoms with Crippen molar-refractivity contribution < 1.29 is 9.90 Å². The van der Waals surface area contributed by atoms with Gasteiger partial charge in [-0.2, -0.15) is 0 Å². The first-order valence-electron chi connectivity index (χ1n) is 9.53. The summed E-state index contributed by atoms with van der Waals surface area (Å²) >= 11 is 0. The molecule has 3 aromatic carbocycles. The van der Waals surface area contributed by atoms with E-state index in [1.54, 1.807) is 17.1 Å². The molecule has 1 saturated heterocycles. The maximum Gasteiger partial charge on any atom is 0.265 e. The highest BCUT2D eigenvalue weighted by atomic mass is 16.3. The Morgan fingerprint density at radius 2 is 1.61 bits per heavy atom. The molecular weight excluding hydrogens is 350 g/mol. The van der Waals surface area contributed by atoms with Crippen molar-refractivity contribution in [2.24, 2.45) is 0 Å². The van der Waals surface area contributed by atoms with E-state index in [1.807, 2.05) is 54.6 Å². The summed E-state index contributed by atoms with van der Waals surface area (Å²) in [6.07, 6.45) is 1.20. The van der Waals surface area contributed by atoms with Gasteiger partial charge >= 0.3 is 0 Å². The quantitative estimate of drug-likeness (QED) is 0.728. The van der Waals surface area contributed by atoms with Gasteiger partial charge < -0.3 is 10.0 Å². The monoisotopic (exact) mass is 371 g/mol. The van der Waals surface area contributed by atoms with Crippen LogP contribution in [0.2, 0.25) is 0 Å². The number of amides is 1. The van der Waals surface area contributed by atoms with Gasteiger partial charge in [0.25, 0.3) is 5.91 Å². The normalized spacial score (nSPS) is 20.6. The number of carbonyl (C=O) groups is 1. The Morgan fingerprint density at radius 1 is 0.893 bits per heavy atom. The lowest BCUT2D eigenvalue weighted by atomic mass is 9.95. The molecule has 2 heterocycles. The first-order chi connectivity index (χ1) is 13.7. The molecule has 0 spiro atoms. The van der Waals surface area contributed by atoms with Crippen LogP contribution in [0.5, 0.6) is 5.75 Å². The van der Waals surface area contributed by atoms with E-state index in [0.29, 0.717) is 5.56 Å². The Hall–Kier alpha value is -3.47. The van der Waals surface area contributed by atoms with Crippen LogP contribution in [0, 0.1) is 0 Å². The highest BCUT2D eigenvalue weighted by Gasteiger charge is 2.49. The van der Waals surface area contributed by atoms with Gasteiger partial charge in [-0.3, -0.25) is 10.2 Å². The number of aryl methyl sites for hydroxylation is 1. The molecule has 0 radical (unpaired) electrons. The van der Waals surface area contributed by atoms with Crippen LogP contribution in [-0.4, -0.2) is 22.1 Å². The summed E-state index contributed by atoms with van der Waals surface area (Å²) in [5, 5.41) is 12.3. The Kier molecular flexibility index (Phi) is 3.93. The zero-order valence-electron chi connectivity index (χ0n) is 15.3. The molecule has 140 valence electrons. The summed E-state index contributed by atoms with van der Waals surface area (Å²) in [6.45, 7) is 0. The van der Waals surface area contributed by atoms with Gasteiger partial charge in [-0.15, -0.1) is 0 Å². The van der Waals surface area contributed by atoms with Gasteiger partial charge in [-0.25, -0.2) is 5.01 Å². The maximum absolute atomic E-state index is 13.4. The van der Waals surface area contributed by atoms with E-state index in [2.05, 4.69) is 22.5 Å². The summed E-state index contributed by atoms with van der Waals surface area (Å²) in [7, 11) is 0. The first-order valence-corrected chi connectivity index (χ1v) is 9.53. The Balaban J connectivity index is 1.65. The summed E-state index contributed by atoms with van der Waals surface area (Å²) in [5.41, 5.74) is 7.11. The molecule has 2 N–H and O–H groups in total. The topological polar surface area (TPSA) is 55.8 Å². The van der Waals surface area contributed by atoms with Gasteiger partial charge in [0, 0.05) is 11.3 Å². The van der Waals surface area contributed by atoms with Crippen molar-refractivity contribution in [3.05, 3.63) is 90.0 Å². The minimum absolute atomic E-state index is 0.0200. The third-order valence-corrected chi connectivity index (χ3v) is 5.56. The summed E-state index contributed by atoms with van der Waals surface area (Å²) in [5.74, 6) is 0.204. The van der Waals surface area contributed by atoms with Crippen LogP contribution in [0.3, 0.4) is 0 Å². The van der Waals surface area contributed by atoms with E-state index in [4.69, 9.17) is 0 Å². The van der Waals surface area contributed by atoms with Crippen LogP contribution in [0.15, 0.2) is 78.9 Å². The lowest BCUT2D eigenvalue weighted by Gasteiger charge is -2.37. The molecule has 1 fully saturated rings. The Morgan fingerprint density at radius 3 is 2.43 bits per heavy atom. The summed E-state index contributed by atoms with van der Waals surface area (Å²) in [6, 6.07) is 24.9. The SMILES string of the molecule is O=C1C2CCc3ccccc3N2[C@@H](c2ccccc2O)N1Nc1ccccc1. The van der Waals surface area contributed by atoms with E-state index in [9.17, 15) is 9.90 Å². The van der Waals surface area contributed by atoms with Crippen LogP contribution < -0.4 is 10.3 Å². The molecule has 0 saturated carbocycles. The molecule has 0 aliphatic carbocycles. The van der Waals surface area contributed by atoms with Gasteiger partial charge in [-0.05, 0) is 42.7 Å². The van der Waals surface area contributed by atoms with E-state index in [0.717, 1.165) is 24.2 Å². The standard InChI is InChI=1S/C23H21N3O2/c27-21-13-7-5-11-18(21)22-25-19-12-6-4-8-16(19)14-15-20(25)23(28)26(22)24-17-9-2-1-3-10-17/h1-13,20,22,24,27H,14-15H2/t20?,22-/m1/s1. The number of carbonyl (C=O) groups excluding carboxylic acids is 1. The second kappa shape index (κ2) is 6.60. The van der Waals surface area contributed by atoms with Crippen LogP contribution in [0.4, 0.5) is 11.4 Å². The van der Waals surface area contributed by atoms with Gasteiger partial charge in [0.05, 0.1) is 5.69 Å². The fourth-order valence-corrected chi connectivity index (χ4v) is 4.29. The van der Waals surface area contributed by atoms with Crippen LogP contribution in [0.1, 0.15) is 23.7 Å². The Labute approximate surface area is 163 Å². The number of rotatable bonds is 3. The van der Waals surface area contributed by atoms with Crippen molar-refractivity contribution >= 4 is 17.3 Å². The van der Waals surface area contributed by atoms with Crippen molar-refractivity contribution in [1.82, 2.24) is 5.01 Å². The van der Waals surface area contributed by atoms with Crippen molar-refractivity contribution in [3.63, 3.8) is 0 Å². The molecule has 0 aromatic heterocycles. The van der Waals surface area contributed by atoms with Crippen LogP contribution in [-0.2, 0) is 11.2 Å². The molecule has 5 heteroatoms. The molecule has 2 atom stereocenters. The van der Waals surface area contributed by atoms with E-state index >= 15 is 0 Å². The number of hydrogen-bond acceptors (Lipinski definition) is 4. The molecular formula is C23H21N3O2. The van der Waals surface area contributed by atoms with Crippen LogP contribution in [0.25, 0.3) is 0 Å². The molecule has 5 rings (SSSR count). The smallest absolute Gasteiger partial charge is 0.265 e. The first kappa shape index (κ1) is 16.7. The number of hydrogen-bond donors (Lipinski definition) is 2. The average molecular weight is 371 g/mol. The molecule has 5 nitrogen and oxygen atoms in total. The number of phenolic OH excluding ortho intramolecular Hbond substituents is 1. The van der Waals surface area contributed by atoms with E-state index in [-0.39, 0.29) is 17.7 Å². The van der Waals surface area contributed by atoms with Gasteiger partial charge in [-0.1, -0.05) is 54.6 Å². The fourth-order valence-electron chi connectivity index (χ4n) is 4.29. The van der Waals surface area contributed by atoms with Crippen molar-refractivity contribution in [3.8, 4) is 5.75 Å². The number of benzene rings is 3. The molecule has 0 bridgehead atoms. The molecule has 28 heavy (non-hydrogen) atoms. The van der Waals surface area contributed by atoms with Gasteiger partial charge in [0.2, 0.25) is 0 Å². The molecule has 1 amide bonds. The van der Waals surface area contributed by atoms with Crippen molar-refractivity contribution in [1.29, 1.82) is 0 Å². The number of nitrogens with one attached hydrogen (secondary N) is 1. The minimum Gasteiger partial charge on any atom is -0.508 e. The minimum atomic E-state index is -0.430. The second-order valence-corrected chi connectivity index (χ2v) is 7.21. The number of para-hydroxylation sites is 3. The highest BCUT2D eigenvalue weighted by Crippen LogP contribution is 2.46. The predicted molar refractivity (Wildman–Crippen MR) is 109 cm³/mol. The van der Waals surface area contributed by atoms with Crippen molar-refractivity contribution in [2.75, 3.05) is 10.3 Å². The van der Waals surface area contributed by atoms with Crippen molar-refractivity contribution in [2.45, 2.75) is 25.0 Å². The highest BCUT2D eigenvalue weighted by molar-refractivity contribution is 5.92. The molecule has 1 unspecified atom stereocenters. The summed E-state index contributed by atoms with van der Waals surface area (Å²) < 4.78 is 0. The lowest BCUT2D eigenvalue weighted by Crippen LogP contribution is -2.38. The average Bonchev–Trinajstić information content (AvgIpc) is 3.01. The number of hydrazine groups is 1. The molecule has 2 aliphatic heterocycles. The number of fused-ring (bicyclic) bond motifs is 3. The zero-order chi connectivity index (χ0) is 19.1. The fraction of sp³-hybridized carbons (Fsp3) is 0.174. The van der Waals surface area contributed by atoms with E-state index < -0.39 is 6.17 Å². The zero-order valence-corrected chi connectivity index (χ0v) is 15.3. The number of nitrogens with zero attached hydrogens (tertiary/aromatic N) is 2. The Bertz CT molecular complexity index is 1020. The second-order valence-electron chi connectivity index (χ2n) is 7.21. The molecule has 3 aromatic rings. The van der Waals surface area contributed by atoms with Gasteiger partial charge in [0.1, 0.15) is 11.8 Å². The predicted octanol–water partition coefficient (Wildman–Crippen LogP) is 4.08. The van der Waals surface area contributed by atoms with Gasteiger partial charge in [0.15, 0.2) is 6.17 Å². The number of anilines is 2. The van der Waals surface area contributed by atoms with Crippen LogP contribution >= 0.6 is 0 Å². The largest absolute Gasteiger partial charge is 0.508 e. The number of aromatic hydroxyl groups is 1. The lowest BCUT2D eigenvalue weighted by molar-refractivity contribution is -0.128. The third kappa shape index (κ3) is 2.59.